The van der Waals surface area contributed by atoms with Crippen molar-refractivity contribution in [2.75, 3.05) is 29.4 Å². The lowest BCUT2D eigenvalue weighted by Gasteiger charge is -2.28. The van der Waals surface area contributed by atoms with Crippen LogP contribution in [0, 0.1) is 0 Å². The number of aromatic nitrogens is 2. The van der Waals surface area contributed by atoms with E-state index in [9.17, 15) is 4.79 Å². The van der Waals surface area contributed by atoms with E-state index < -0.39 is 0 Å². The molecule has 3 aromatic rings. The van der Waals surface area contributed by atoms with Crippen LogP contribution in [-0.4, -0.2) is 35.7 Å². The normalized spacial score (nSPS) is 19.7. The zero-order chi connectivity index (χ0) is 19.6. The summed E-state index contributed by atoms with van der Waals surface area (Å²) in [6.07, 6.45) is 4.24. The minimum Gasteiger partial charge on any atom is -0.372 e. The second-order valence-electron chi connectivity index (χ2n) is 7.79. The van der Waals surface area contributed by atoms with Crippen LogP contribution in [0.2, 0.25) is 0 Å². The molecule has 2 saturated heterocycles. The van der Waals surface area contributed by atoms with Gasteiger partial charge >= 0.3 is 0 Å². The van der Waals surface area contributed by atoms with E-state index >= 15 is 0 Å². The minimum absolute atomic E-state index is 0.0726. The van der Waals surface area contributed by atoms with Gasteiger partial charge in [-0.15, -0.1) is 0 Å². The van der Waals surface area contributed by atoms with E-state index in [0.29, 0.717) is 24.7 Å². The van der Waals surface area contributed by atoms with Crippen LogP contribution in [0.4, 0.5) is 11.4 Å². The maximum absolute atomic E-state index is 12.5. The molecule has 0 aliphatic carbocycles. The molecule has 1 atom stereocenters. The lowest BCUT2D eigenvalue weighted by molar-refractivity contribution is -0.117. The molecule has 0 bridgehead atoms. The van der Waals surface area contributed by atoms with Crippen LogP contribution in [-0.2, 0) is 4.79 Å². The van der Waals surface area contributed by atoms with Crippen LogP contribution in [0.25, 0.3) is 11.4 Å². The quantitative estimate of drug-likeness (QED) is 0.669. The molecule has 2 aliphatic rings. The summed E-state index contributed by atoms with van der Waals surface area (Å²) in [5.41, 5.74) is 3.09. The molecule has 2 aromatic carbocycles. The lowest BCUT2D eigenvalue weighted by Crippen LogP contribution is -2.29. The van der Waals surface area contributed by atoms with Crippen molar-refractivity contribution in [1.82, 2.24) is 10.1 Å². The fourth-order valence-corrected chi connectivity index (χ4v) is 4.22. The Hall–Kier alpha value is -3.15. The Kier molecular flexibility index (Phi) is 4.76. The molecule has 6 nitrogen and oxygen atoms in total. The first-order valence-corrected chi connectivity index (χ1v) is 10.3. The molecule has 148 valence electrons. The van der Waals surface area contributed by atoms with Crippen molar-refractivity contribution in [1.29, 1.82) is 0 Å². The highest BCUT2D eigenvalue weighted by Gasteiger charge is 2.35. The number of anilines is 2. The van der Waals surface area contributed by atoms with Gasteiger partial charge in [0.1, 0.15) is 0 Å². The van der Waals surface area contributed by atoms with E-state index in [0.717, 1.165) is 24.3 Å². The van der Waals surface area contributed by atoms with E-state index in [2.05, 4.69) is 39.3 Å². The van der Waals surface area contributed by atoms with Gasteiger partial charge in [0, 0.05) is 43.0 Å². The molecule has 6 heteroatoms. The SMILES string of the molecule is O=C1C[C@@H](c2nc(-c3ccc(N4CCCCC4)cc3)no2)CN1c1ccccc1. The molecule has 2 fully saturated rings. The molecule has 0 unspecified atom stereocenters. The largest absolute Gasteiger partial charge is 0.372 e. The third-order valence-electron chi connectivity index (χ3n) is 5.83. The van der Waals surface area contributed by atoms with Gasteiger partial charge in [0.05, 0.1) is 5.92 Å². The van der Waals surface area contributed by atoms with Gasteiger partial charge in [-0.2, -0.15) is 4.98 Å². The van der Waals surface area contributed by atoms with E-state index in [1.165, 1.54) is 24.9 Å². The molecule has 3 heterocycles. The number of benzene rings is 2. The molecule has 5 rings (SSSR count). The van der Waals surface area contributed by atoms with Gasteiger partial charge in [-0.05, 0) is 55.7 Å². The number of hydrogen-bond donors (Lipinski definition) is 0. The Labute approximate surface area is 170 Å². The third kappa shape index (κ3) is 3.62. The fourth-order valence-electron chi connectivity index (χ4n) is 4.22. The summed E-state index contributed by atoms with van der Waals surface area (Å²) >= 11 is 0. The molecule has 0 saturated carbocycles. The summed E-state index contributed by atoms with van der Waals surface area (Å²) in [4.78, 5) is 21.3. The van der Waals surface area contributed by atoms with Crippen LogP contribution in [0.1, 0.15) is 37.5 Å². The molecule has 2 aliphatic heterocycles. The van der Waals surface area contributed by atoms with Crippen LogP contribution in [0.5, 0.6) is 0 Å². The number of hydrogen-bond acceptors (Lipinski definition) is 5. The topological polar surface area (TPSA) is 62.5 Å². The van der Waals surface area contributed by atoms with Gasteiger partial charge in [0.25, 0.3) is 0 Å². The average molecular weight is 388 g/mol. The summed E-state index contributed by atoms with van der Waals surface area (Å²) in [5, 5.41) is 4.17. The number of rotatable bonds is 4. The van der Waals surface area contributed by atoms with E-state index in [4.69, 9.17) is 4.52 Å². The first-order chi connectivity index (χ1) is 14.3. The summed E-state index contributed by atoms with van der Waals surface area (Å²) in [6.45, 7) is 2.82. The number of nitrogens with zero attached hydrogens (tertiary/aromatic N) is 4. The van der Waals surface area contributed by atoms with Gasteiger partial charge in [-0.1, -0.05) is 23.4 Å². The van der Waals surface area contributed by atoms with Crippen molar-refractivity contribution in [2.24, 2.45) is 0 Å². The van der Waals surface area contributed by atoms with Crippen molar-refractivity contribution in [2.45, 2.75) is 31.6 Å². The molecule has 0 N–H and O–H groups in total. The molecule has 0 spiro atoms. The first-order valence-electron chi connectivity index (χ1n) is 10.3. The van der Waals surface area contributed by atoms with Crippen molar-refractivity contribution < 1.29 is 9.32 Å². The minimum atomic E-state index is -0.0726. The summed E-state index contributed by atoms with van der Waals surface area (Å²) in [6, 6.07) is 18.1. The van der Waals surface area contributed by atoms with Gasteiger partial charge < -0.3 is 14.3 Å². The maximum Gasteiger partial charge on any atom is 0.232 e. The highest BCUT2D eigenvalue weighted by Crippen LogP contribution is 2.32. The fraction of sp³-hybridized carbons (Fsp3) is 0.348. The summed E-state index contributed by atoms with van der Waals surface area (Å²) < 4.78 is 5.53. The van der Waals surface area contributed by atoms with E-state index in [1.54, 1.807) is 4.90 Å². The Morgan fingerprint density at radius 3 is 2.41 bits per heavy atom. The number of carbonyl (C=O) groups is 1. The smallest absolute Gasteiger partial charge is 0.232 e. The number of para-hydroxylation sites is 1. The number of carbonyl (C=O) groups excluding carboxylic acids is 1. The van der Waals surface area contributed by atoms with Crippen LogP contribution in [0.3, 0.4) is 0 Å². The monoisotopic (exact) mass is 388 g/mol. The Morgan fingerprint density at radius 1 is 0.897 bits per heavy atom. The van der Waals surface area contributed by atoms with E-state index in [-0.39, 0.29) is 11.8 Å². The van der Waals surface area contributed by atoms with Gasteiger partial charge in [0.2, 0.25) is 17.6 Å². The molecule has 29 heavy (non-hydrogen) atoms. The van der Waals surface area contributed by atoms with Crippen molar-refractivity contribution in [3.05, 3.63) is 60.5 Å². The zero-order valence-corrected chi connectivity index (χ0v) is 16.3. The predicted molar refractivity (Wildman–Crippen MR) is 112 cm³/mol. The summed E-state index contributed by atoms with van der Waals surface area (Å²) in [5.74, 6) is 1.13. The molecule has 1 amide bonds. The summed E-state index contributed by atoms with van der Waals surface area (Å²) in [7, 11) is 0. The molecular formula is C23H24N4O2. The Balaban J connectivity index is 1.30. The van der Waals surface area contributed by atoms with E-state index in [1.807, 2.05) is 30.3 Å². The van der Waals surface area contributed by atoms with Crippen molar-refractivity contribution >= 4 is 17.3 Å². The van der Waals surface area contributed by atoms with Crippen molar-refractivity contribution in [3.63, 3.8) is 0 Å². The highest BCUT2D eigenvalue weighted by atomic mass is 16.5. The van der Waals surface area contributed by atoms with Crippen molar-refractivity contribution in [3.8, 4) is 11.4 Å². The number of piperidine rings is 1. The van der Waals surface area contributed by atoms with Gasteiger partial charge in [0.15, 0.2) is 0 Å². The van der Waals surface area contributed by atoms with Crippen LogP contribution >= 0.6 is 0 Å². The lowest BCUT2D eigenvalue weighted by atomic mass is 10.1. The molecule has 0 radical (unpaired) electrons. The zero-order valence-electron chi connectivity index (χ0n) is 16.3. The van der Waals surface area contributed by atoms with Gasteiger partial charge in [-0.3, -0.25) is 4.79 Å². The maximum atomic E-state index is 12.5. The highest BCUT2D eigenvalue weighted by molar-refractivity contribution is 5.96. The van der Waals surface area contributed by atoms with Crippen LogP contribution in [0.15, 0.2) is 59.1 Å². The Bertz CT molecular complexity index is 978. The molecular weight excluding hydrogens is 364 g/mol. The van der Waals surface area contributed by atoms with Gasteiger partial charge in [-0.25, -0.2) is 0 Å². The Morgan fingerprint density at radius 2 is 1.66 bits per heavy atom. The third-order valence-corrected chi connectivity index (χ3v) is 5.83. The second-order valence-corrected chi connectivity index (χ2v) is 7.79. The standard InChI is InChI=1S/C23H24N4O2/c28-21-15-18(16-27(21)20-7-3-1-4-8-20)23-24-22(25-29-23)17-9-11-19(12-10-17)26-13-5-2-6-14-26/h1,3-4,7-12,18H,2,5-6,13-16H2/t18-/m1/s1. The molecule has 1 aromatic heterocycles. The average Bonchev–Trinajstić information content (AvgIpc) is 3.42. The number of amides is 1. The van der Waals surface area contributed by atoms with Crippen LogP contribution < -0.4 is 9.80 Å². The predicted octanol–water partition coefficient (Wildman–Crippen LogP) is 4.25. The first kappa shape index (κ1) is 17.9. The second kappa shape index (κ2) is 7.70.